The highest BCUT2D eigenvalue weighted by atomic mass is 16.5. The topological polar surface area (TPSA) is 46.5 Å². The predicted molar refractivity (Wildman–Crippen MR) is 67.0 cm³/mol. The third kappa shape index (κ3) is 4.31. The lowest BCUT2D eigenvalue weighted by Gasteiger charge is -2.11. The molecule has 1 rings (SSSR count). The van der Waals surface area contributed by atoms with Crippen LogP contribution in [-0.4, -0.2) is 17.2 Å². The Morgan fingerprint density at radius 3 is 2.76 bits per heavy atom. The molecule has 1 unspecified atom stereocenters. The Balaban J connectivity index is 2.55. The van der Waals surface area contributed by atoms with Crippen LogP contribution in [-0.2, 0) is 4.74 Å². The van der Waals surface area contributed by atoms with Crippen LogP contribution in [0.25, 0.3) is 0 Å². The molecule has 0 amide bonds. The van der Waals surface area contributed by atoms with E-state index in [1.807, 2.05) is 19.1 Å². The van der Waals surface area contributed by atoms with Gasteiger partial charge in [0.25, 0.3) is 0 Å². The van der Waals surface area contributed by atoms with Crippen molar-refractivity contribution in [3.63, 3.8) is 0 Å². The van der Waals surface area contributed by atoms with Gasteiger partial charge in [-0.15, -0.1) is 0 Å². The number of hydrogen-bond acceptors (Lipinski definition) is 3. The highest BCUT2D eigenvalue weighted by molar-refractivity contribution is 5.92. The van der Waals surface area contributed by atoms with Gasteiger partial charge in [0, 0.05) is 6.42 Å². The zero-order valence-corrected chi connectivity index (χ0v) is 10.2. The van der Waals surface area contributed by atoms with E-state index in [0.29, 0.717) is 6.42 Å². The van der Waals surface area contributed by atoms with Crippen molar-refractivity contribution in [1.82, 2.24) is 0 Å². The SMILES string of the molecule is CC/C=C\CC(C)OC(=O)c1ccccc1O. The molecule has 92 valence electrons. The molecule has 0 aliphatic rings. The molecule has 1 aromatic carbocycles. The van der Waals surface area contributed by atoms with Gasteiger partial charge < -0.3 is 9.84 Å². The molecule has 3 nitrogen and oxygen atoms in total. The Kier molecular flexibility index (Phi) is 5.27. The number of phenols is 1. The number of aromatic hydroxyl groups is 1. The maximum absolute atomic E-state index is 11.7. The van der Waals surface area contributed by atoms with Crippen LogP contribution in [0.4, 0.5) is 0 Å². The number of para-hydroxylation sites is 1. The molecule has 1 aromatic rings. The van der Waals surface area contributed by atoms with E-state index in [2.05, 4.69) is 6.92 Å². The molecular weight excluding hydrogens is 216 g/mol. The van der Waals surface area contributed by atoms with Crippen LogP contribution in [0.2, 0.25) is 0 Å². The maximum atomic E-state index is 11.7. The molecule has 3 heteroatoms. The van der Waals surface area contributed by atoms with Gasteiger partial charge in [-0.25, -0.2) is 4.79 Å². The summed E-state index contributed by atoms with van der Waals surface area (Å²) in [5.74, 6) is -0.533. The van der Waals surface area contributed by atoms with Crippen LogP contribution in [0.5, 0.6) is 5.75 Å². The minimum atomic E-state index is -0.486. The number of carbonyl (C=O) groups is 1. The van der Waals surface area contributed by atoms with Crippen molar-refractivity contribution < 1.29 is 14.6 Å². The van der Waals surface area contributed by atoms with E-state index < -0.39 is 5.97 Å². The van der Waals surface area contributed by atoms with Gasteiger partial charge in [0.15, 0.2) is 0 Å². The minimum absolute atomic E-state index is 0.0474. The molecule has 0 saturated heterocycles. The molecule has 0 aliphatic heterocycles. The lowest BCUT2D eigenvalue weighted by atomic mass is 10.2. The number of rotatable bonds is 5. The largest absolute Gasteiger partial charge is 0.507 e. The first-order chi connectivity index (χ1) is 8.15. The van der Waals surface area contributed by atoms with Gasteiger partial charge >= 0.3 is 5.97 Å². The summed E-state index contributed by atoms with van der Waals surface area (Å²) in [6.07, 6.45) is 5.49. The van der Waals surface area contributed by atoms with Gasteiger partial charge in [0.05, 0.1) is 0 Å². The van der Waals surface area contributed by atoms with Crippen LogP contribution in [0.3, 0.4) is 0 Å². The molecule has 0 fully saturated rings. The number of ether oxygens (including phenoxy) is 1. The fourth-order valence-electron chi connectivity index (χ4n) is 1.40. The lowest BCUT2D eigenvalue weighted by molar-refractivity contribution is 0.0344. The number of benzene rings is 1. The fourth-order valence-corrected chi connectivity index (χ4v) is 1.40. The summed E-state index contributed by atoms with van der Waals surface area (Å²) in [7, 11) is 0. The second-order valence-corrected chi connectivity index (χ2v) is 3.85. The number of esters is 1. The highest BCUT2D eigenvalue weighted by Crippen LogP contribution is 2.17. The van der Waals surface area contributed by atoms with Gasteiger partial charge in [-0.05, 0) is 25.5 Å². The highest BCUT2D eigenvalue weighted by Gasteiger charge is 2.14. The molecule has 0 aliphatic carbocycles. The molecule has 1 atom stereocenters. The first kappa shape index (κ1) is 13.3. The van der Waals surface area contributed by atoms with Crippen molar-refractivity contribution >= 4 is 5.97 Å². The van der Waals surface area contributed by atoms with Crippen molar-refractivity contribution in [2.24, 2.45) is 0 Å². The smallest absolute Gasteiger partial charge is 0.342 e. The quantitative estimate of drug-likeness (QED) is 0.628. The van der Waals surface area contributed by atoms with Gasteiger partial charge in [0.2, 0.25) is 0 Å². The first-order valence-electron chi connectivity index (χ1n) is 5.79. The monoisotopic (exact) mass is 234 g/mol. The summed E-state index contributed by atoms with van der Waals surface area (Å²) < 4.78 is 5.21. The van der Waals surface area contributed by atoms with Gasteiger partial charge in [-0.2, -0.15) is 0 Å². The van der Waals surface area contributed by atoms with E-state index in [0.717, 1.165) is 6.42 Å². The van der Waals surface area contributed by atoms with E-state index in [1.54, 1.807) is 18.2 Å². The van der Waals surface area contributed by atoms with Crippen LogP contribution in [0.1, 0.15) is 37.0 Å². The summed E-state index contributed by atoms with van der Waals surface area (Å²) in [4.78, 5) is 11.7. The Morgan fingerprint density at radius 2 is 2.12 bits per heavy atom. The summed E-state index contributed by atoms with van der Waals surface area (Å²) >= 11 is 0. The normalized spacial score (nSPS) is 12.6. The zero-order chi connectivity index (χ0) is 12.7. The number of hydrogen-bond donors (Lipinski definition) is 1. The first-order valence-corrected chi connectivity index (χ1v) is 5.79. The molecule has 0 spiro atoms. The molecule has 0 heterocycles. The van der Waals surface area contributed by atoms with Crippen molar-refractivity contribution in [2.75, 3.05) is 0 Å². The van der Waals surface area contributed by atoms with Crippen LogP contribution in [0.15, 0.2) is 36.4 Å². The molecule has 0 saturated carbocycles. The average Bonchev–Trinajstić information content (AvgIpc) is 2.29. The third-order valence-corrected chi connectivity index (χ3v) is 2.30. The molecule has 0 radical (unpaired) electrons. The van der Waals surface area contributed by atoms with E-state index in [4.69, 9.17) is 4.74 Å². The number of allylic oxidation sites excluding steroid dienone is 1. The van der Waals surface area contributed by atoms with E-state index in [1.165, 1.54) is 6.07 Å². The molecular formula is C14H18O3. The Morgan fingerprint density at radius 1 is 1.41 bits per heavy atom. The third-order valence-electron chi connectivity index (χ3n) is 2.30. The Hall–Kier alpha value is -1.77. The van der Waals surface area contributed by atoms with Gasteiger partial charge in [0.1, 0.15) is 17.4 Å². The van der Waals surface area contributed by atoms with E-state index >= 15 is 0 Å². The van der Waals surface area contributed by atoms with Crippen molar-refractivity contribution in [3.8, 4) is 5.75 Å². The lowest BCUT2D eigenvalue weighted by Crippen LogP contribution is -2.14. The molecule has 0 bridgehead atoms. The summed E-state index contributed by atoms with van der Waals surface area (Å²) in [6.45, 7) is 3.88. The van der Waals surface area contributed by atoms with E-state index in [-0.39, 0.29) is 17.4 Å². The number of phenolic OH excluding ortho intramolecular Hbond substituents is 1. The zero-order valence-electron chi connectivity index (χ0n) is 10.2. The van der Waals surface area contributed by atoms with Gasteiger partial charge in [-0.3, -0.25) is 0 Å². The average molecular weight is 234 g/mol. The fraction of sp³-hybridized carbons (Fsp3) is 0.357. The predicted octanol–water partition coefficient (Wildman–Crippen LogP) is 3.29. The van der Waals surface area contributed by atoms with Crippen molar-refractivity contribution in [1.29, 1.82) is 0 Å². The van der Waals surface area contributed by atoms with E-state index in [9.17, 15) is 9.90 Å². The molecule has 0 aromatic heterocycles. The summed E-state index contributed by atoms with van der Waals surface area (Å²) in [5, 5.41) is 9.49. The Bertz CT molecular complexity index is 396. The summed E-state index contributed by atoms with van der Waals surface area (Å²) in [6, 6.07) is 6.38. The maximum Gasteiger partial charge on any atom is 0.342 e. The van der Waals surface area contributed by atoms with Crippen LogP contribution >= 0.6 is 0 Å². The number of carbonyl (C=O) groups excluding carboxylic acids is 1. The molecule has 1 N–H and O–H groups in total. The Labute approximate surface area is 102 Å². The standard InChI is InChI=1S/C14H18O3/c1-3-4-5-8-11(2)17-14(16)12-9-6-7-10-13(12)15/h4-7,9-11,15H,3,8H2,1-2H3/b5-4-. The summed E-state index contributed by atoms with van der Waals surface area (Å²) in [5.41, 5.74) is 0.207. The van der Waals surface area contributed by atoms with Gasteiger partial charge in [-0.1, -0.05) is 31.2 Å². The van der Waals surface area contributed by atoms with Crippen LogP contribution < -0.4 is 0 Å². The molecule has 17 heavy (non-hydrogen) atoms. The minimum Gasteiger partial charge on any atom is -0.507 e. The second kappa shape index (κ2) is 6.74. The van der Waals surface area contributed by atoms with Crippen molar-refractivity contribution in [3.05, 3.63) is 42.0 Å². The van der Waals surface area contributed by atoms with Crippen LogP contribution in [0, 0.1) is 0 Å². The van der Waals surface area contributed by atoms with Crippen molar-refractivity contribution in [2.45, 2.75) is 32.8 Å². The second-order valence-electron chi connectivity index (χ2n) is 3.85.